The summed E-state index contributed by atoms with van der Waals surface area (Å²) in [6.07, 6.45) is 0.519. The molecule has 1 fully saturated rings. The van der Waals surface area contributed by atoms with Crippen LogP contribution in [0.1, 0.15) is 12.0 Å². The van der Waals surface area contributed by atoms with Crippen molar-refractivity contribution in [1.82, 2.24) is 4.90 Å². The fourth-order valence-corrected chi connectivity index (χ4v) is 2.50. The molecule has 1 aliphatic rings. The number of amides is 1. The fourth-order valence-electron chi connectivity index (χ4n) is 2.24. The summed E-state index contributed by atoms with van der Waals surface area (Å²) in [6, 6.07) is 6.29. The van der Waals surface area contributed by atoms with E-state index < -0.39 is 12.0 Å². The van der Waals surface area contributed by atoms with Gasteiger partial charge in [0.25, 0.3) is 0 Å². The Morgan fingerprint density at radius 1 is 1.47 bits per heavy atom. The van der Waals surface area contributed by atoms with Crippen molar-refractivity contribution in [2.45, 2.75) is 24.9 Å². The van der Waals surface area contributed by atoms with Gasteiger partial charge in [-0.2, -0.15) is 0 Å². The number of carboxylic acids is 1. The Hall–Kier alpha value is -1.40. The summed E-state index contributed by atoms with van der Waals surface area (Å²) in [6.45, 7) is 0.312. The van der Waals surface area contributed by atoms with Crippen LogP contribution < -0.4 is 5.73 Å². The number of carboxylic acid groups (broad SMARTS) is 1. The van der Waals surface area contributed by atoms with Crippen LogP contribution in [-0.4, -0.2) is 40.5 Å². The number of likely N-dealkylation sites (tertiary alicyclic amines) is 1. The number of carbonyl (C=O) groups excluding carboxylic acids is 1. The Bertz CT molecular complexity index is 489. The maximum absolute atomic E-state index is 11.8. The number of carbonyl (C=O) groups is 2. The van der Waals surface area contributed by atoms with E-state index in [1.165, 1.54) is 4.90 Å². The van der Waals surface area contributed by atoms with E-state index >= 15 is 0 Å². The molecule has 0 spiro atoms. The number of halogens is 1. The van der Waals surface area contributed by atoms with Gasteiger partial charge in [0.2, 0.25) is 5.91 Å². The van der Waals surface area contributed by atoms with Crippen LogP contribution in [0.5, 0.6) is 0 Å². The highest BCUT2D eigenvalue weighted by Crippen LogP contribution is 2.18. The van der Waals surface area contributed by atoms with Gasteiger partial charge in [-0.3, -0.25) is 4.79 Å². The second-order valence-electron chi connectivity index (χ2n) is 4.69. The SMILES string of the molecule is NC1CC(=O)N([C@@H](Cc2ccc(Br)cc2)C(=O)O)C1. The molecule has 2 rings (SSSR count). The van der Waals surface area contributed by atoms with Crippen LogP contribution in [0.25, 0.3) is 0 Å². The number of hydrogen-bond acceptors (Lipinski definition) is 3. The molecule has 1 unspecified atom stereocenters. The maximum atomic E-state index is 11.8. The minimum atomic E-state index is -0.995. The zero-order chi connectivity index (χ0) is 14.0. The number of nitrogens with zero attached hydrogens (tertiary/aromatic N) is 1. The van der Waals surface area contributed by atoms with Crippen molar-refractivity contribution < 1.29 is 14.7 Å². The van der Waals surface area contributed by atoms with Crippen molar-refractivity contribution >= 4 is 27.8 Å². The number of nitrogens with two attached hydrogens (primary N) is 1. The lowest BCUT2D eigenvalue weighted by molar-refractivity contribution is -0.148. The predicted molar refractivity (Wildman–Crippen MR) is 73.6 cm³/mol. The molecule has 0 radical (unpaired) electrons. The first-order valence-corrected chi connectivity index (χ1v) is 6.79. The van der Waals surface area contributed by atoms with Gasteiger partial charge in [0.1, 0.15) is 6.04 Å². The van der Waals surface area contributed by atoms with Gasteiger partial charge in [0, 0.05) is 29.9 Å². The van der Waals surface area contributed by atoms with E-state index in [2.05, 4.69) is 15.9 Å². The van der Waals surface area contributed by atoms with Crippen LogP contribution >= 0.6 is 15.9 Å². The average Bonchev–Trinajstić information content (AvgIpc) is 2.67. The number of aliphatic carboxylic acids is 1. The Morgan fingerprint density at radius 2 is 2.11 bits per heavy atom. The van der Waals surface area contributed by atoms with E-state index in [1.807, 2.05) is 24.3 Å². The zero-order valence-electron chi connectivity index (χ0n) is 10.3. The molecule has 3 N–H and O–H groups in total. The third-order valence-electron chi connectivity index (χ3n) is 3.19. The van der Waals surface area contributed by atoms with Gasteiger partial charge < -0.3 is 15.7 Å². The Labute approximate surface area is 119 Å². The smallest absolute Gasteiger partial charge is 0.326 e. The molecule has 0 saturated carbocycles. The van der Waals surface area contributed by atoms with Gasteiger partial charge in [-0.1, -0.05) is 28.1 Å². The van der Waals surface area contributed by atoms with Gasteiger partial charge in [0.15, 0.2) is 0 Å². The van der Waals surface area contributed by atoms with E-state index in [0.717, 1.165) is 10.0 Å². The van der Waals surface area contributed by atoms with E-state index in [9.17, 15) is 14.7 Å². The molecule has 1 amide bonds. The van der Waals surface area contributed by atoms with Crippen LogP contribution in [0.15, 0.2) is 28.7 Å². The summed E-state index contributed by atoms with van der Waals surface area (Å²) in [5, 5.41) is 9.31. The van der Waals surface area contributed by atoms with Crippen molar-refractivity contribution in [3.05, 3.63) is 34.3 Å². The van der Waals surface area contributed by atoms with E-state index in [1.54, 1.807) is 0 Å². The number of rotatable bonds is 4. The minimum Gasteiger partial charge on any atom is -0.480 e. The van der Waals surface area contributed by atoms with Crippen molar-refractivity contribution in [2.75, 3.05) is 6.54 Å². The standard InChI is InChI=1S/C13H15BrN2O3/c14-9-3-1-8(2-4-9)5-11(13(18)19)16-7-10(15)6-12(16)17/h1-4,10-11H,5-7,15H2,(H,18,19)/t10?,11-/m0/s1. The Morgan fingerprint density at radius 3 is 2.58 bits per heavy atom. The molecule has 1 aromatic rings. The van der Waals surface area contributed by atoms with E-state index in [0.29, 0.717) is 13.0 Å². The van der Waals surface area contributed by atoms with Gasteiger partial charge in [-0.05, 0) is 17.7 Å². The van der Waals surface area contributed by atoms with Crippen LogP contribution in [0.2, 0.25) is 0 Å². The van der Waals surface area contributed by atoms with Crippen LogP contribution in [0.4, 0.5) is 0 Å². The molecule has 5 nitrogen and oxygen atoms in total. The van der Waals surface area contributed by atoms with E-state index in [4.69, 9.17) is 5.73 Å². The molecule has 0 aliphatic carbocycles. The van der Waals surface area contributed by atoms with Crippen LogP contribution in [-0.2, 0) is 16.0 Å². The van der Waals surface area contributed by atoms with Crippen molar-refractivity contribution in [2.24, 2.45) is 5.73 Å². The number of benzene rings is 1. The summed E-state index contributed by atoms with van der Waals surface area (Å²) >= 11 is 3.33. The Kier molecular flexibility index (Phi) is 4.21. The first kappa shape index (κ1) is 14.0. The topological polar surface area (TPSA) is 83.6 Å². The Balaban J connectivity index is 2.15. The largest absolute Gasteiger partial charge is 0.480 e. The van der Waals surface area contributed by atoms with Gasteiger partial charge in [-0.25, -0.2) is 4.79 Å². The molecular weight excluding hydrogens is 312 g/mol. The normalized spacial score (nSPS) is 20.6. The summed E-state index contributed by atoms with van der Waals surface area (Å²) in [7, 11) is 0. The lowest BCUT2D eigenvalue weighted by Crippen LogP contribution is -2.44. The van der Waals surface area contributed by atoms with Crippen LogP contribution in [0.3, 0.4) is 0 Å². The zero-order valence-corrected chi connectivity index (χ0v) is 11.8. The second-order valence-corrected chi connectivity index (χ2v) is 5.61. The lowest BCUT2D eigenvalue weighted by atomic mass is 10.1. The summed E-state index contributed by atoms with van der Waals surface area (Å²) in [4.78, 5) is 24.5. The van der Waals surface area contributed by atoms with Crippen molar-refractivity contribution in [1.29, 1.82) is 0 Å². The molecule has 102 valence electrons. The maximum Gasteiger partial charge on any atom is 0.326 e. The molecule has 2 atom stereocenters. The molecule has 6 heteroatoms. The number of hydrogen-bond donors (Lipinski definition) is 2. The first-order chi connectivity index (χ1) is 8.97. The summed E-state index contributed by atoms with van der Waals surface area (Å²) < 4.78 is 0.933. The molecule has 19 heavy (non-hydrogen) atoms. The molecule has 1 aliphatic heterocycles. The highest BCUT2D eigenvalue weighted by molar-refractivity contribution is 9.10. The fraction of sp³-hybridized carbons (Fsp3) is 0.385. The molecule has 1 heterocycles. The lowest BCUT2D eigenvalue weighted by Gasteiger charge is -2.24. The van der Waals surface area contributed by atoms with Gasteiger partial charge in [-0.15, -0.1) is 0 Å². The van der Waals surface area contributed by atoms with E-state index in [-0.39, 0.29) is 18.4 Å². The third-order valence-corrected chi connectivity index (χ3v) is 3.72. The van der Waals surface area contributed by atoms with Crippen LogP contribution in [0, 0.1) is 0 Å². The minimum absolute atomic E-state index is 0.183. The molecule has 1 aromatic carbocycles. The molecule has 1 saturated heterocycles. The second kappa shape index (κ2) is 5.71. The first-order valence-electron chi connectivity index (χ1n) is 5.99. The average molecular weight is 327 g/mol. The summed E-state index contributed by atoms with van der Waals surface area (Å²) in [5.41, 5.74) is 6.58. The van der Waals surface area contributed by atoms with Crippen molar-refractivity contribution in [3.63, 3.8) is 0 Å². The monoisotopic (exact) mass is 326 g/mol. The molecule has 0 aromatic heterocycles. The third kappa shape index (κ3) is 3.33. The molecular formula is C13H15BrN2O3. The summed E-state index contributed by atoms with van der Waals surface area (Å²) in [5.74, 6) is -1.18. The van der Waals surface area contributed by atoms with Gasteiger partial charge in [0.05, 0.1) is 0 Å². The van der Waals surface area contributed by atoms with Crippen molar-refractivity contribution in [3.8, 4) is 0 Å². The highest BCUT2D eigenvalue weighted by atomic mass is 79.9. The highest BCUT2D eigenvalue weighted by Gasteiger charge is 2.36. The van der Waals surface area contributed by atoms with Gasteiger partial charge >= 0.3 is 5.97 Å². The predicted octanol–water partition coefficient (Wildman–Crippen LogP) is 1.00. The molecule has 0 bridgehead atoms. The quantitative estimate of drug-likeness (QED) is 0.864.